The van der Waals surface area contributed by atoms with Gasteiger partial charge < -0.3 is 5.32 Å². The molecular weight excluding hydrogens is 334 g/mol. The first-order chi connectivity index (χ1) is 13.3. The van der Waals surface area contributed by atoms with Crippen molar-refractivity contribution >= 4 is 12.0 Å². The molecule has 2 aliphatic rings. The minimum Gasteiger partial charge on any atom is -0.355 e. The highest BCUT2D eigenvalue weighted by Gasteiger charge is 2.18. The fourth-order valence-electron chi connectivity index (χ4n) is 3.79. The van der Waals surface area contributed by atoms with Crippen LogP contribution >= 0.6 is 0 Å². The van der Waals surface area contributed by atoms with Crippen molar-refractivity contribution in [3.8, 4) is 0 Å². The molecule has 1 aliphatic carbocycles. The second kappa shape index (κ2) is 11.1. The number of carbonyl (C=O) groups is 1. The average Bonchev–Trinajstić information content (AvgIpc) is 2.71. The van der Waals surface area contributed by atoms with Gasteiger partial charge in [0.1, 0.15) is 0 Å². The Kier molecular flexibility index (Phi) is 8.12. The van der Waals surface area contributed by atoms with E-state index in [0.29, 0.717) is 6.54 Å². The van der Waals surface area contributed by atoms with Crippen LogP contribution in [0.3, 0.4) is 0 Å². The first-order valence-corrected chi connectivity index (χ1v) is 10.4. The zero-order chi connectivity index (χ0) is 18.7. The lowest BCUT2D eigenvalue weighted by atomic mass is 9.97. The Morgan fingerprint density at radius 3 is 2.56 bits per heavy atom. The summed E-state index contributed by atoms with van der Waals surface area (Å²) in [6, 6.07) is 10.4. The van der Waals surface area contributed by atoms with E-state index in [4.69, 9.17) is 0 Å². The van der Waals surface area contributed by atoms with Gasteiger partial charge in [0.15, 0.2) is 0 Å². The smallest absolute Gasteiger partial charge is 0.234 e. The van der Waals surface area contributed by atoms with Crippen LogP contribution < -0.4 is 5.32 Å². The zero-order valence-corrected chi connectivity index (χ0v) is 16.4. The molecule has 0 unspecified atom stereocenters. The second-order valence-electron chi connectivity index (χ2n) is 7.60. The molecule has 0 aromatic heterocycles. The Bertz CT molecular complexity index is 630. The molecule has 27 heavy (non-hydrogen) atoms. The Balaban J connectivity index is 1.28. The van der Waals surface area contributed by atoms with Crippen LogP contribution in [0.1, 0.15) is 37.7 Å². The normalized spacial score (nSPS) is 19.2. The van der Waals surface area contributed by atoms with Gasteiger partial charge in [-0.3, -0.25) is 14.6 Å². The summed E-state index contributed by atoms with van der Waals surface area (Å²) < 4.78 is 0. The molecule has 146 valence electrons. The number of allylic oxidation sites excluding steroid dienone is 1. The summed E-state index contributed by atoms with van der Waals surface area (Å²) in [4.78, 5) is 16.9. The van der Waals surface area contributed by atoms with Gasteiger partial charge in [-0.25, -0.2) is 0 Å². The largest absolute Gasteiger partial charge is 0.355 e. The third-order valence-corrected chi connectivity index (χ3v) is 5.46. The number of carbonyl (C=O) groups excluding carboxylic acids is 1. The van der Waals surface area contributed by atoms with E-state index in [1.54, 1.807) is 0 Å². The molecule has 4 heteroatoms. The van der Waals surface area contributed by atoms with Crippen molar-refractivity contribution in [2.75, 3.05) is 45.8 Å². The van der Waals surface area contributed by atoms with Crippen molar-refractivity contribution in [1.29, 1.82) is 0 Å². The summed E-state index contributed by atoms with van der Waals surface area (Å²) >= 11 is 0. The van der Waals surface area contributed by atoms with E-state index in [2.05, 4.69) is 57.6 Å². The van der Waals surface area contributed by atoms with Gasteiger partial charge in [-0.2, -0.15) is 0 Å². The van der Waals surface area contributed by atoms with E-state index in [1.165, 1.54) is 36.8 Å². The molecule has 0 atom stereocenters. The first kappa shape index (κ1) is 19.8. The van der Waals surface area contributed by atoms with Gasteiger partial charge in [-0.05, 0) is 37.7 Å². The SMILES string of the molecule is O=C(CN1CCN(CC=Cc2ccccc2)CC1)NCCC1=CCCCC1. The average molecular weight is 368 g/mol. The molecule has 1 heterocycles. The van der Waals surface area contributed by atoms with Gasteiger partial charge in [0.2, 0.25) is 5.91 Å². The summed E-state index contributed by atoms with van der Waals surface area (Å²) in [6.45, 7) is 6.29. The third-order valence-electron chi connectivity index (χ3n) is 5.46. The lowest BCUT2D eigenvalue weighted by Crippen LogP contribution is -2.49. The van der Waals surface area contributed by atoms with Gasteiger partial charge in [0.25, 0.3) is 0 Å². The monoisotopic (exact) mass is 367 g/mol. The van der Waals surface area contributed by atoms with Gasteiger partial charge in [0.05, 0.1) is 6.54 Å². The van der Waals surface area contributed by atoms with E-state index >= 15 is 0 Å². The highest BCUT2D eigenvalue weighted by molar-refractivity contribution is 5.78. The van der Waals surface area contributed by atoms with Gasteiger partial charge in [0, 0.05) is 39.3 Å². The highest BCUT2D eigenvalue weighted by Crippen LogP contribution is 2.19. The van der Waals surface area contributed by atoms with E-state index in [1.807, 2.05) is 6.07 Å². The Morgan fingerprint density at radius 1 is 1.04 bits per heavy atom. The van der Waals surface area contributed by atoms with Crippen molar-refractivity contribution in [2.24, 2.45) is 0 Å². The van der Waals surface area contributed by atoms with E-state index in [-0.39, 0.29) is 5.91 Å². The lowest BCUT2D eigenvalue weighted by Gasteiger charge is -2.33. The van der Waals surface area contributed by atoms with Crippen LogP contribution in [0.2, 0.25) is 0 Å². The number of nitrogens with zero attached hydrogens (tertiary/aromatic N) is 2. The maximum atomic E-state index is 12.2. The van der Waals surface area contributed by atoms with Crippen LogP contribution in [0, 0.1) is 0 Å². The minimum atomic E-state index is 0.170. The summed E-state index contributed by atoms with van der Waals surface area (Å²) in [5.41, 5.74) is 2.77. The summed E-state index contributed by atoms with van der Waals surface area (Å²) in [5.74, 6) is 0.170. The molecule has 0 saturated carbocycles. The van der Waals surface area contributed by atoms with Gasteiger partial charge in [-0.1, -0.05) is 54.1 Å². The van der Waals surface area contributed by atoms with Crippen molar-refractivity contribution in [3.05, 3.63) is 53.6 Å². The standard InChI is InChI=1S/C23H33N3O/c27-23(24-14-13-22-10-5-2-6-11-22)20-26-18-16-25(17-19-26)15-7-12-21-8-3-1-4-9-21/h1,3-4,7-10,12H,2,5-6,11,13-20H2,(H,24,27). The third kappa shape index (κ3) is 7.31. The van der Waals surface area contributed by atoms with E-state index < -0.39 is 0 Å². The molecule has 1 aliphatic heterocycles. The maximum absolute atomic E-state index is 12.2. The molecule has 3 rings (SSSR count). The van der Waals surface area contributed by atoms with E-state index in [0.717, 1.165) is 45.7 Å². The number of hydrogen-bond acceptors (Lipinski definition) is 3. The first-order valence-electron chi connectivity index (χ1n) is 10.4. The fourth-order valence-corrected chi connectivity index (χ4v) is 3.79. The summed E-state index contributed by atoms with van der Waals surface area (Å²) in [7, 11) is 0. The maximum Gasteiger partial charge on any atom is 0.234 e. The van der Waals surface area contributed by atoms with Crippen molar-refractivity contribution < 1.29 is 4.79 Å². The van der Waals surface area contributed by atoms with Gasteiger partial charge in [-0.15, -0.1) is 0 Å². The molecule has 1 amide bonds. The Hall–Kier alpha value is -1.91. The second-order valence-corrected chi connectivity index (χ2v) is 7.60. The van der Waals surface area contributed by atoms with E-state index in [9.17, 15) is 4.79 Å². The lowest BCUT2D eigenvalue weighted by molar-refractivity contribution is -0.122. The number of benzene rings is 1. The molecular formula is C23H33N3O. The number of hydrogen-bond donors (Lipinski definition) is 1. The Morgan fingerprint density at radius 2 is 1.81 bits per heavy atom. The molecule has 0 spiro atoms. The van der Waals surface area contributed by atoms with Crippen LogP contribution in [0.4, 0.5) is 0 Å². The van der Waals surface area contributed by atoms with Crippen LogP contribution in [0.15, 0.2) is 48.1 Å². The number of piperazine rings is 1. The molecule has 1 N–H and O–H groups in total. The highest BCUT2D eigenvalue weighted by atomic mass is 16.2. The molecule has 1 aromatic rings. The molecule has 0 bridgehead atoms. The summed E-state index contributed by atoms with van der Waals surface area (Å²) in [6.07, 6.45) is 12.9. The van der Waals surface area contributed by atoms with Crippen molar-refractivity contribution in [2.45, 2.75) is 32.1 Å². The van der Waals surface area contributed by atoms with Crippen LogP contribution in [-0.4, -0.2) is 61.5 Å². The predicted octanol–water partition coefficient (Wildman–Crippen LogP) is 3.32. The number of nitrogens with one attached hydrogen (secondary N) is 1. The summed E-state index contributed by atoms with van der Waals surface area (Å²) in [5, 5.41) is 3.09. The Labute approximate surface area is 163 Å². The van der Waals surface area contributed by atoms with Gasteiger partial charge >= 0.3 is 0 Å². The zero-order valence-electron chi connectivity index (χ0n) is 16.4. The van der Waals surface area contributed by atoms with Crippen LogP contribution in [0.25, 0.3) is 6.08 Å². The minimum absolute atomic E-state index is 0.170. The molecule has 1 saturated heterocycles. The molecule has 1 fully saturated rings. The van der Waals surface area contributed by atoms with Crippen LogP contribution in [-0.2, 0) is 4.79 Å². The fraction of sp³-hybridized carbons (Fsp3) is 0.522. The molecule has 4 nitrogen and oxygen atoms in total. The molecule has 1 aromatic carbocycles. The van der Waals surface area contributed by atoms with Crippen molar-refractivity contribution in [3.63, 3.8) is 0 Å². The van der Waals surface area contributed by atoms with Crippen LogP contribution in [0.5, 0.6) is 0 Å². The topological polar surface area (TPSA) is 35.6 Å². The molecule has 0 radical (unpaired) electrons. The number of rotatable bonds is 8. The van der Waals surface area contributed by atoms with Crippen molar-refractivity contribution in [1.82, 2.24) is 15.1 Å². The quantitative estimate of drug-likeness (QED) is 0.716. The number of amides is 1. The predicted molar refractivity (Wildman–Crippen MR) is 113 cm³/mol.